The largest absolute Gasteiger partial charge is 0.478 e. The molecular formula is C11H17N3O2. The maximum Gasteiger partial charge on any atom is 0.241 e. The molecule has 0 radical (unpaired) electrons. The van der Waals surface area contributed by atoms with E-state index in [0.717, 1.165) is 0 Å². The smallest absolute Gasteiger partial charge is 0.241 e. The highest BCUT2D eigenvalue weighted by Crippen LogP contribution is 2.11. The first-order chi connectivity index (χ1) is 7.67. The van der Waals surface area contributed by atoms with Gasteiger partial charge in [0.2, 0.25) is 11.8 Å². The van der Waals surface area contributed by atoms with Crippen molar-refractivity contribution in [2.24, 2.45) is 5.73 Å². The molecule has 0 saturated carbocycles. The van der Waals surface area contributed by atoms with Crippen LogP contribution in [0.2, 0.25) is 0 Å². The number of amides is 1. The minimum atomic E-state index is -0.480. The maximum atomic E-state index is 11.5. The van der Waals surface area contributed by atoms with E-state index in [0.29, 0.717) is 24.6 Å². The van der Waals surface area contributed by atoms with Crippen LogP contribution in [0.4, 0.5) is 5.69 Å². The van der Waals surface area contributed by atoms with E-state index in [1.165, 1.54) is 0 Å². The molecule has 0 aliphatic rings. The number of ether oxygens (including phenoxy) is 1. The highest BCUT2D eigenvalue weighted by molar-refractivity contribution is 5.94. The lowest BCUT2D eigenvalue weighted by molar-refractivity contribution is -0.117. The molecule has 0 saturated heterocycles. The van der Waals surface area contributed by atoms with Crippen LogP contribution in [0.15, 0.2) is 18.3 Å². The Balaban J connectivity index is 2.58. The molecule has 5 nitrogen and oxygen atoms in total. The lowest BCUT2D eigenvalue weighted by atomic mass is 10.2. The molecule has 16 heavy (non-hydrogen) atoms. The molecule has 1 aromatic heterocycles. The number of hydrogen-bond acceptors (Lipinski definition) is 4. The SMILES string of the molecule is CCOc1ccc(NC(=O)C(N)CC)cn1. The van der Waals surface area contributed by atoms with Gasteiger partial charge in [0, 0.05) is 6.07 Å². The van der Waals surface area contributed by atoms with E-state index in [1.807, 2.05) is 13.8 Å². The maximum absolute atomic E-state index is 11.5. The zero-order chi connectivity index (χ0) is 12.0. The number of rotatable bonds is 5. The molecule has 88 valence electrons. The second kappa shape index (κ2) is 6.07. The van der Waals surface area contributed by atoms with E-state index in [-0.39, 0.29) is 5.91 Å². The normalized spacial score (nSPS) is 11.9. The van der Waals surface area contributed by atoms with Gasteiger partial charge in [0.15, 0.2) is 0 Å². The van der Waals surface area contributed by atoms with Crippen molar-refractivity contribution in [2.75, 3.05) is 11.9 Å². The standard InChI is InChI=1S/C11H17N3O2/c1-3-9(12)11(15)14-8-5-6-10(13-7-8)16-4-2/h5-7,9H,3-4,12H2,1-2H3,(H,14,15). The van der Waals surface area contributed by atoms with Crippen LogP contribution in [-0.2, 0) is 4.79 Å². The fraction of sp³-hybridized carbons (Fsp3) is 0.455. The summed E-state index contributed by atoms with van der Waals surface area (Å²) in [6, 6.07) is 2.96. The topological polar surface area (TPSA) is 77.2 Å². The number of hydrogen-bond donors (Lipinski definition) is 2. The molecule has 0 fully saturated rings. The number of pyridine rings is 1. The van der Waals surface area contributed by atoms with Crippen molar-refractivity contribution >= 4 is 11.6 Å². The summed E-state index contributed by atoms with van der Waals surface area (Å²) in [6.45, 7) is 4.32. The van der Waals surface area contributed by atoms with Gasteiger partial charge in [-0.3, -0.25) is 4.79 Å². The van der Waals surface area contributed by atoms with Gasteiger partial charge >= 0.3 is 0 Å². The number of aromatic nitrogens is 1. The predicted octanol–water partition coefficient (Wildman–Crippen LogP) is 1.16. The second-order valence-corrected chi connectivity index (χ2v) is 3.32. The highest BCUT2D eigenvalue weighted by atomic mass is 16.5. The predicted molar refractivity (Wildman–Crippen MR) is 62.3 cm³/mol. The Morgan fingerprint density at radius 3 is 2.81 bits per heavy atom. The van der Waals surface area contributed by atoms with Crippen molar-refractivity contribution < 1.29 is 9.53 Å². The molecule has 1 atom stereocenters. The van der Waals surface area contributed by atoms with Gasteiger partial charge in [0.25, 0.3) is 0 Å². The Kier molecular flexibility index (Phi) is 4.72. The second-order valence-electron chi connectivity index (χ2n) is 3.32. The number of nitrogens with two attached hydrogens (primary N) is 1. The van der Waals surface area contributed by atoms with Gasteiger partial charge in [-0.15, -0.1) is 0 Å². The van der Waals surface area contributed by atoms with Crippen LogP contribution in [-0.4, -0.2) is 23.5 Å². The molecule has 1 rings (SSSR count). The third-order valence-electron chi connectivity index (χ3n) is 2.07. The first-order valence-electron chi connectivity index (χ1n) is 5.32. The molecule has 0 spiro atoms. The van der Waals surface area contributed by atoms with Crippen LogP contribution >= 0.6 is 0 Å². The van der Waals surface area contributed by atoms with Crippen molar-refractivity contribution in [2.45, 2.75) is 26.3 Å². The third kappa shape index (κ3) is 3.51. The Bertz CT molecular complexity index is 338. The summed E-state index contributed by atoms with van der Waals surface area (Å²) >= 11 is 0. The molecule has 0 aliphatic heterocycles. The van der Waals surface area contributed by atoms with Crippen molar-refractivity contribution in [1.29, 1.82) is 0 Å². The molecule has 3 N–H and O–H groups in total. The molecule has 1 unspecified atom stereocenters. The van der Waals surface area contributed by atoms with Crippen molar-refractivity contribution in [3.63, 3.8) is 0 Å². The summed E-state index contributed by atoms with van der Waals surface area (Å²) in [4.78, 5) is 15.5. The van der Waals surface area contributed by atoms with Crippen LogP contribution in [0, 0.1) is 0 Å². The number of anilines is 1. The molecule has 0 bridgehead atoms. The first-order valence-corrected chi connectivity index (χ1v) is 5.32. The highest BCUT2D eigenvalue weighted by Gasteiger charge is 2.10. The number of carbonyl (C=O) groups excluding carboxylic acids is 1. The number of nitrogens with one attached hydrogen (secondary N) is 1. The summed E-state index contributed by atoms with van der Waals surface area (Å²) < 4.78 is 5.19. The molecular weight excluding hydrogens is 206 g/mol. The van der Waals surface area contributed by atoms with E-state index in [9.17, 15) is 4.79 Å². The third-order valence-corrected chi connectivity index (χ3v) is 2.07. The van der Waals surface area contributed by atoms with Crippen LogP contribution in [0.5, 0.6) is 5.88 Å². The van der Waals surface area contributed by atoms with E-state index >= 15 is 0 Å². The lowest BCUT2D eigenvalue weighted by Gasteiger charge is -2.10. The van der Waals surface area contributed by atoms with Gasteiger partial charge in [-0.1, -0.05) is 6.92 Å². The Morgan fingerprint density at radius 2 is 2.31 bits per heavy atom. The molecule has 1 amide bonds. The molecule has 0 aliphatic carbocycles. The summed E-state index contributed by atoms with van der Waals surface area (Å²) in [5.74, 6) is 0.341. The van der Waals surface area contributed by atoms with Crippen LogP contribution < -0.4 is 15.8 Å². The van der Waals surface area contributed by atoms with E-state index in [4.69, 9.17) is 10.5 Å². The minimum absolute atomic E-state index is 0.201. The summed E-state index contributed by atoms with van der Waals surface area (Å²) in [5.41, 5.74) is 6.21. The molecule has 5 heteroatoms. The van der Waals surface area contributed by atoms with Crippen LogP contribution in [0.3, 0.4) is 0 Å². The van der Waals surface area contributed by atoms with Crippen LogP contribution in [0.25, 0.3) is 0 Å². The van der Waals surface area contributed by atoms with Gasteiger partial charge in [-0.05, 0) is 19.4 Å². The average molecular weight is 223 g/mol. The monoisotopic (exact) mass is 223 g/mol. The number of nitrogens with zero attached hydrogens (tertiary/aromatic N) is 1. The van der Waals surface area contributed by atoms with E-state index < -0.39 is 6.04 Å². The Morgan fingerprint density at radius 1 is 1.56 bits per heavy atom. The average Bonchev–Trinajstić information content (AvgIpc) is 2.31. The Hall–Kier alpha value is -1.62. The van der Waals surface area contributed by atoms with Gasteiger partial charge in [0.1, 0.15) is 0 Å². The first kappa shape index (κ1) is 12.4. The molecule has 1 aromatic rings. The minimum Gasteiger partial charge on any atom is -0.478 e. The van der Waals surface area contributed by atoms with Crippen molar-refractivity contribution in [3.8, 4) is 5.88 Å². The number of carbonyl (C=O) groups is 1. The van der Waals surface area contributed by atoms with E-state index in [1.54, 1.807) is 18.3 Å². The van der Waals surface area contributed by atoms with Gasteiger partial charge in [-0.25, -0.2) is 4.98 Å². The summed E-state index contributed by atoms with van der Waals surface area (Å²) in [6.07, 6.45) is 2.15. The van der Waals surface area contributed by atoms with E-state index in [2.05, 4.69) is 10.3 Å². The van der Waals surface area contributed by atoms with Crippen molar-refractivity contribution in [3.05, 3.63) is 18.3 Å². The van der Waals surface area contributed by atoms with Gasteiger partial charge in [0.05, 0.1) is 24.5 Å². The lowest BCUT2D eigenvalue weighted by Crippen LogP contribution is -2.34. The van der Waals surface area contributed by atoms with Crippen molar-refractivity contribution in [1.82, 2.24) is 4.98 Å². The van der Waals surface area contributed by atoms with Gasteiger partial charge in [-0.2, -0.15) is 0 Å². The molecule has 1 heterocycles. The van der Waals surface area contributed by atoms with Crippen LogP contribution in [0.1, 0.15) is 20.3 Å². The summed E-state index contributed by atoms with van der Waals surface area (Å²) in [5, 5.41) is 2.68. The zero-order valence-corrected chi connectivity index (χ0v) is 9.56. The fourth-order valence-electron chi connectivity index (χ4n) is 1.11. The Labute approximate surface area is 95.0 Å². The summed E-state index contributed by atoms with van der Waals surface area (Å²) in [7, 11) is 0. The quantitative estimate of drug-likeness (QED) is 0.785. The van der Waals surface area contributed by atoms with Gasteiger partial charge < -0.3 is 15.8 Å². The fourth-order valence-corrected chi connectivity index (χ4v) is 1.11. The zero-order valence-electron chi connectivity index (χ0n) is 9.56. The molecule has 0 aromatic carbocycles.